The van der Waals surface area contributed by atoms with E-state index < -0.39 is 6.10 Å². The second kappa shape index (κ2) is 5.87. The number of halogens is 1. The number of thiophene rings is 1. The highest BCUT2D eigenvalue weighted by molar-refractivity contribution is 9.10. The van der Waals surface area contributed by atoms with Crippen LogP contribution in [0.4, 0.5) is 5.69 Å². The molecule has 2 aromatic rings. The number of aryl methyl sites for hydroxylation is 1. The topological polar surface area (TPSA) is 32.3 Å². The van der Waals surface area contributed by atoms with Gasteiger partial charge in [0.25, 0.3) is 0 Å². The summed E-state index contributed by atoms with van der Waals surface area (Å²) in [7, 11) is 0. The second-order valence-electron chi connectivity index (χ2n) is 4.23. The van der Waals surface area contributed by atoms with E-state index in [4.69, 9.17) is 0 Å². The van der Waals surface area contributed by atoms with E-state index in [1.165, 1.54) is 9.75 Å². The number of aliphatic hydroxyl groups excluding tert-OH is 1. The Kier molecular flexibility index (Phi) is 4.43. The Morgan fingerprint density at radius 3 is 2.72 bits per heavy atom. The molecule has 1 heterocycles. The molecule has 0 saturated carbocycles. The SMILES string of the molecule is Cc1sc(CNc2ccccc2C(C)O)cc1Br. The smallest absolute Gasteiger partial charge is 0.0781 e. The Morgan fingerprint density at radius 2 is 2.11 bits per heavy atom. The monoisotopic (exact) mass is 325 g/mol. The highest BCUT2D eigenvalue weighted by Gasteiger charge is 2.07. The lowest BCUT2D eigenvalue weighted by Crippen LogP contribution is -2.03. The van der Waals surface area contributed by atoms with Crippen molar-refractivity contribution in [1.29, 1.82) is 0 Å². The summed E-state index contributed by atoms with van der Waals surface area (Å²) < 4.78 is 1.16. The van der Waals surface area contributed by atoms with Gasteiger partial charge >= 0.3 is 0 Å². The molecule has 2 N–H and O–H groups in total. The van der Waals surface area contributed by atoms with Gasteiger partial charge in [0, 0.05) is 32.0 Å². The number of hydrogen-bond donors (Lipinski definition) is 2. The fourth-order valence-corrected chi connectivity index (χ4v) is 3.35. The first-order valence-electron chi connectivity index (χ1n) is 5.83. The van der Waals surface area contributed by atoms with Crippen LogP contribution in [-0.4, -0.2) is 5.11 Å². The Labute approximate surface area is 120 Å². The average molecular weight is 326 g/mol. The van der Waals surface area contributed by atoms with E-state index in [2.05, 4.69) is 34.2 Å². The van der Waals surface area contributed by atoms with Crippen molar-refractivity contribution in [2.24, 2.45) is 0 Å². The molecule has 1 atom stereocenters. The molecule has 1 aromatic heterocycles. The number of nitrogens with one attached hydrogen (secondary N) is 1. The van der Waals surface area contributed by atoms with Crippen LogP contribution >= 0.6 is 27.3 Å². The van der Waals surface area contributed by atoms with Crippen LogP contribution in [0.25, 0.3) is 0 Å². The van der Waals surface area contributed by atoms with Crippen LogP contribution in [0.1, 0.15) is 28.3 Å². The Morgan fingerprint density at radius 1 is 1.39 bits per heavy atom. The third-order valence-electron chi connectivity index (χ3n) is 2.77. The van der Waals surface area contributed by atoms with Crippen LogP contribution in [0.2, 0.25) is 0 Å². The zero-order valence-electron chi connectivity index (χ0n) is 10.4. The zero-order valence-corrected chi connectivity index (χ0v) is 12.8. The predicted octanol–water partition coefficient (Wildman–Crippen LogP) is 4.48. The van der Waals surface area contributed by atoms with Gasteiger partial charge in [0.1, 0.15) is 0 Å². The molecule has 0 aliphatic heterocycles. The lowest BCUT2D eigenvalue weighted by Gasteiger charge is -2.13. The summed E-state index contributed by atoms with van der Waals surface area (Å²) >= 11 is 5.30. The Hall–Kier alpha value is -0.840. The van der Waals surface area contributed by atoms with Crippen LogP contribution in [-0.2, 0) is 6.54 Å². The molecule has 0 aliphatic rings. The van der Waals surface area contributed by atoms with Gasteiger partial charge in [0.15, 0.2) is 0 Å². The summed E-state index contributed by atoms with van der Waals surface area (Å²) in [5.74, 6) is 0. The average Bonchev–Trinajstić information content (AvgIpc) is 2.66. The minimum Gasteiger partial charge on any atom is -0.389 e. The third kappa shape index (κ3) is 3.13. The molecule has 0 amide bonds. The van der Waals surface area contributed by atoms with E-state index in [0.29, 0.717) is 0 Å². The van der Waals surface area contributed by atoms with Crippen molar-refractivity contribution in [3.8, 4) is 0 Å². The first-order valence-corrected chi connectivity index (χ1v) is 7.44. The van der Waals surface area contributed by atoms with E-state index in [-0.39, 0.29) is 0 Å². The first kappa shape index (κ1) is 13.6. The summed E-state index contributed by atoms with van der Waals surface area (Å²) in [5.41, 5.74) is 1.93. The number of benzene rings is 1. The highest BCUT2D eigenvalue weighted by atomic mass is 79.9. The zero-order chi connectivity index (χ0) is 13.1. The van der Waals surface area contributed by atoms with Crippen molar-refractivity contribution in [2.75, 3.05) is 5.32 Å². The highest BCUT2D eigenvalue weighted by Crippen LogP contribution is 2.28. The van der Waals surface area contributed by atoms with Gasteiger partial charge in [-0.1, -0.05) is 18.2 Å². The lowest BCUT2D eigenvalue weighted by atomic mass is 10.1. The van der Waals surface area contributed by atoms with Gasteiger partial charge in [-0.05, 0) is 41.9 Å². The van der Waals surface area contributed by atoms with Crippen LogP contribution in [0.15, 0.2) is 34.8 Å². The van der Waals surface area contributed by atoms with E-state index >= 15 is 0 Å². The summed E-state index contributed by atoms with van der Waals surface area (Å²) in [5, 5.41) is 13.1. The van der Waals surface area contributed by atoms with Gasteiger partial charge in [-0.2, -0.15) is 0 Å². The number of rotatable bonds is 4. The quantitative estimate of drug-likeness (QED) is 0.868. The first-order chi connectivity index (χ1) is 8.58. The second-order valence-corrected chi connectivity index (χ2v) is 6.43. The maximum atomic E-state index is 9.71. The standard InChI is InChI=1S/C14H16BrNOS/c1-9(17)12-5-3-4-6-14(12)16-8-11-7-13(15)10(2)18-11/h3-7,9,16-17H,8H2,1-2H3. The van der Waals surface area contributed by atoms with Crippen LogP contribution < -0.4 is 5.32 Å². The molecular weight excluding hydrogens is 310 g/mol. The van der Waals surface area contributed by atoms with E-state index in [0.717, 1.165) is 22.3 Å². The van der Waals surface area contributed by atoms with Gasteiger partial charge in [-0.15, -0.1) is 11.3 Å². The maximum Gasteiger partial charge on any atom is 0.0781 e. The maximum absolute atomic E-state index is 9.71. The molecule has 0 spiro atoms. The van der Waals surface area contributed by atoms with Gasteiger partial charge in [-0.3, -0.25) is 0 Å². The molecule has 0 fully saturated rings. The predicted molar refractivity (Wildman–Crippen MR) is 81.2 cm³/mol. The summed E-state index contributed by atoms with van der Waals surface area (Å²) in [6.45, 7) is 4.66. The molecule has 0 saturated heterocycles. The number of para-hydroxylation sites is 1. The normalized spacial score (nSPS) is 12.4. The number of anilines is 1. The minimum atomic E-state index is -0.453. The fourth-order valence-electron chi connectivity index (χ4n) is 1.81. The van der Waals surface area contributed by atoms with Crippen molar-refractivity contribution in [1.82, 2.24) is 0 Å². The summed E-state index contributed by atoms with van der Waals surface area (Å²) in [6, 6.07) is 10.0. The molecule has 0 radical (unpaired) electrons. The molecular formula is C14H16BrNOS. The van der Waals surface area contributed by atoms with Crippen molar-refractivity contribution in [3.63, 3.8) is 0 Å². The van der Waals surface area contributed by atoms with E-state index in [9.17, 15) is 5.11 Å². The number of hydrogen-bond acceptors (Lipinski definition) is 3. The molecule has 96 valence electrons. The fraction of sp³-hybridized carbons (Fsp3) is 0.286. The molecule has 2 rings (SSSR count). The van der Waals surface area contributed by atoms with Crippen LogP contribution in [0, 0.1) is 6.92 Å². The minimum absolute atomic E-state index is 0.453. The molecule has 1 unspecified atom stereocenters. The molecule has 1 aromatic carbocycles. The molecule has 4 heteroatoms. The van der Waals surface area contributed by atoms with Crippen LogP contribution in [0.5, 0.6) is 0 Å². The van der Waals surface area contributed by atoms with Crippen molar-refractivity contribution < 1.29 is 5.11 Å². The van der Waals surface area contributed by atoms with Gasteiger partial charge in [0.05, 0.1) is 6.10 Å². The van der Waals surface area contributed by atoms with E-state index in [1.54, 1.807) is 18.3 Å². The van der Waals surface area contributed by atoms with Crippen molar-refractivity contribution in [3.05, 3.63) is 50.1 Å². The molecule has 0 aliphatic carbocycles. The van der Waals surface area contributed by atoms with E-state index in [1.807, 2.05) is 24.3 Å². The Bertz CT molecular complexity index is 517. The Balaban J connectivity index is 2.10. The van der Waals surface area contributed by atoms with Gasteiger partial charge in [0.2, 0.25) is 0 Å². The summed E-state index contributed by atoms with van der Waals surface area (Å²) in [6.07, 6.45) is -0.453. The third-order valence-corrected chi connectivity index (χ3v) is 4.91. The lowest BCUT2D eigenvalue weighted by molar-refractivity contribution is 0.200. The molecule has 0 bridgehead atoms. The van der Waals surface area contributed by atoms with Gasteiger partial charge in [-0.25, -0.2) is 0 Å². The molecule has 18 heavy (non-hydrogen) atoms. The van der Waals surface area contributed by atoms with Crippen molar-refractivity contribution in [2.45, 2.75) is 26.5 Å². The van der Waals surface area contributed by atoms with Gasteiger partial charge < -0.3 is 10.4 Å². The number of aliphatic hydroxyl groups is 1. The largest absolute Gasteiger partial charge is 0.389 e. The summed E-state index contributed by atoms with van der Waals surface area (Å²) in [4.78, 5) is 2.57. The van der Waals surface area contributed by atoms with Crippen molar-refractivity contribution >= 4 is 33.0 Å². The van der Waals surface area contributed by atoms with Crippen LogP contribution in [0.3, 0.4) is 0 Å². The molecule has 2 nitrogen and oxygen atoms in total.